The average molecular weight is 315 g/mol. The number of nitrogens with one attached hydrogen (secondary N) is 1. The molecule has 0 fully saturated rings. The van der Waals surface area contributed by atoms with Crippen molar-refractivity contribution in [1.29, 1.82) is 0 Å². The second-order valence-corrected chi connectivity index (χ2v) is 5.11. The zero-order chi connectivity index (χ0) is 16.7. The van der Waals surface area contributed by atoms with Crippen LogP contribution in [0, 0.1) is 13.8 Å². The molecule has 0 heterocycles. The topological polar surface area (TPSA) is 56.8 Å². The third-order valence-corrected chi connectivity index (χ3v) is 3.24. The highest BCUT2D eigenvalue weighted by Crippen LogP contribution is 2.19. The van der Waals surface area contributed by atoms with Crippen molar-refractivity contribution >= 4 is 11.8 Å². The number of carbonyl (C=O) groups excluding carboxylic acids is 1. The summed E-state index contributed by atoms with van der Waals surface area (Å²) >= 11 is 0. The van der Waals surface area contributed by atoms with Gasteiger partial charge in [-0.05, 0) is 55.3 Å². The maximum Gasteiger partial charge on any atom is 0.411 e. The van der Waals surface area contributed by atoms with E-state index < -0.39 is 6.09 Å². The van der Waals surface area contributed by atoms with Crippen LogP contribution in [0.15, 0.2) is 42.5 Å². The van der Waals surface area contributed by atoms with Gasteiger partial charge in [0.2, 0.25) is 0 Å². The molecule has 0 aliphatic heterocycles. The van der Waals surface area contributed by atoms with Crippen LogP contribution in [0.25, 0.3) is 0 Å². The number of methoxy groups -OCH3 is 1. The zero-order valence-corrected chi connectivity index (χ0v) is 13.6. The molecule has 122 valence electrons. The molecule has 0 spiro atoms. The molecule has 0 aromatic heterocycles. The SMILES string of the molecule is COC(=O)Nc1ccc(OCCOc2cc(C)ccc2C)cc1. The van der Waals surface area contributed by atoms with Crippen LogP contribution in [0.3, 0.4) is 0 Å². The summed E-state index contributed by atoms with van der Waals surface area (Å²) in [5.41, 5.74) is 2.92. The highest BCUT2D eigenvalue weighted by Gasteiger charge is 2.02. The smallest absolute Gasteiger partial charge is 0.411 e. The fraction of sp³-hybridized carbons (Fsp3) is 0.278. The van der Waals surface area contributed by atoms with Gasteiger partial charge in [0.1, 0.15) is 24.7 Å². The lowest BCUT2D eigenvalue weighted by Gasteiger charge is -2.11. The van der Waals surface area contributed by atoms with Crippen molar-refractivity contribution in [2.45, 2.75) is 13.8 Å². The van der Waals surface area contributed by atoms with E-state index in [4.69, 9.17) is 9.47 Å². The van der Waals surface area contributed by atoms with E-state index in [1.807, 2.05) is 26.0 Å². The number of hydrogen-bond donors (Lipinski definition) is 1. The van der Waals surface area contributed by atoms with Crippen LogP contribution >= 0.6 is 0 Å². The average Bonchev–Trinajstić information content (AvgIpc) is 2.56. The van der Waals surface area contributed by atoms with E-state index in [1.54, 1.807) is 24.3 Å². The molecule has 0 saturated heterocycles. The van der Waals surface area contributed by atoms with Gasteiger partial charge in [0.15, 0.2) is 0 Å². The van der Waals surface area contributed by atoms with Gasteiger partial charge in [0.05, 0.1) is 7.11 Å². The Bertz CT molecular complexity index is 653. The van der Waals surface area contributed by atoms with E-state index >= 15 is 0 Å². The highest BCUT2D eigenvalue weighted by atomic mass is 16.5. The van der Waals surface area contributed by atoms with Gasteiger partial charge in [-0.1, -0.05) is 12.1 Å². The molecule has 5 nitrogen and oxygen atoms in total. The first-order valence-electron chi connectivity index (χ1n) is 7.36. The Kier molecular flexibility index (Phi) is 5.86. The van der Waals surface area contributed by atoms with Gasteiger partial charge >= 0.3 is 6.09 Å². The summed E-state index contributed by atoms with van der Waals surface area (Å²) in [7, 11) is 1.32. The summed E-state index contributed by atoms with van der Waals surface area (Å²) in [4.78, 5) is 11.1. The summed E-state index contributed by atoms with van der Waals surface area (Å²) in [6.07, 6.45) is -0.499. The van der Waals surface area contributed by atoms with Gasteiger partial charge < -0.3 is 14.2 Å². The van der Waals surface area contributed by atoms with E-state index in [0.29, 0.717) is 24.7 Å². The second kappa shape index (κ2) is 8.08. The summed E-state index contributed by atoms with van der Waals surface area (Å²) in [6.45, 7) is 4.96. The van der Waals surface area contributed by atoms with E-state index in [1.165, 1.54) is 12.7 Å². The molecule has 5 heteroatoms. The van der Waals surface area contributed by atoms with Crippen molar-refractivity contribution in [1.82, 2.24) is 0 Å². The van der Waals surface area contributed by atoms with Crippen molar-refractivity contribution < 1.29 is 19.0 Å². The minimum absolute atomic E-state index is 0.442. The first-order valence-corrected chi connectivity index (χ1v) is 7.36. The van der Waals surface area contributed by atoms with Crippen molar-refractivity contribution in [2.75, 3.05) is 25.6 Å². The van der Waals surface area contributed by atoms with E-state index in [-0.39, 0.29) is 0 Å². The first-order chi connectivity index (χ1) is 11.1. The van der Waals surface area contributed by atoms with Crippen LogP contribution in [0.2, 0.25) is 0 Å². The van der Waals surface area contributed by atoms with Gasteiger partial charge in [-0.25, -0.2) is 4.79 Å². The predicted molar refractivity (Wildman–Crippen MR) is 89.4 cm³/mol. The molecule has 0 radical (unpaired) electrons. The predicted octanol–water partition coefficient (Wildman–Crippen LogP) is 3.94. The monoisotopic (exact) mass is 315 g/mol. The third kappa shape index (κ3) is 5.21. The van der Waals surface area contributed by atoms with Gasteiger partial charge in [-0.15, -0.1) is 0 Å². The molecule has 2 rings (SSSR count). The minimum atomic E-state index is -0.499. The number of benzene rings is 2. The van der Waals surface area contributed by atoms with Gasteiger partial charge in [0, 0.05) is 5.69 Å². The molecular formula is C18H21NO4. The lowest BCUT2D eigenvalue weighted by atomic mass is 10.1. The maximum absolute atomic E-state index is 11.1. The van der Waals surface area contributed by atoms with E-state index in [0.717, 1.165) is 11.3 Å². The molecule has 0 bridgehead atoms. The van der Waals surface area contributed by atoms with Crippen molar-refractivity contribution in [3.8, 4) is 11.5 Å². The molecular weight excluding hydrogens is 294 g/mol. The molecule has 0 unspecified atom stereocenters. The number of carbonyl (C=O) groups is 1. The summed E-state index contributed by atoms with van der Waals surface area (Å²) in [5, 5.41) is 2.58. The molecule has 0 aliphatic carbocycles. The Morgan fingerprint density at radius 3 is 2.39 bits per heavy atom. The van der Waals surface area contributed by atoms with E-state index in [2.05, 4.69) is 16.1 Å². The fourth-order valence-electron chi connectivity index (χ4n) is 1.98. The summed E-state index contributed by atoms with van der Waals surface area (Å²) in [6, 6.07) is 13.2. The molecule has 23 heavy (non-hydrogen) atoms. The molecule has 0 saturated carbocycles. The number of ether oxygens (including phenoxy) is 3. The number of aryl methyl sites for hydroxylation is 2. The van der Waals surface area contributed by atoms with Crippen LogP contribution in [0.4, 0.5) is 10.5 Å². The van der Waals surface area contributed by atoms with E-state index in [9.17, 15) is 4.79 Å². The summed E-state index contributed by atoms with van der Waals surface area (Å²) in [5.74, 6) is 1.59. The van der Waals surface area contributed by atoms with Gasteiger partial charge in [-0.3, -0.25) is 5.32 Å². The van der Waals surface area contributed by atoms with Crippen molar-refractivity contribution in [2.24, 2.45) is 0 Å². The number of hydrogen-bond acceptors (Lipinski definition) is 4. The maximum atomic E-state index is 11.1. The molecule has 1 N–H and O–H groups in total. The summed E-state index contributed by atoms with van der Waals surface area (Å²) < 4.78 is 15.9. The molecule has 0 aliphatic rings. The lowest BCUT2D eigenvalue weighted by molar-refractivity contribution is 0.187. The minimum Gasteiger partial charge on any atom is -0.490 e. The number of rotatable bonds is 6. The van der Waals surface area contributed by atoms with Gasteiger partial charge in [-0.2, -0.15) is 0 Å². The van der Waals surface area contributed by atoms with Crippen LogP contribution in [0.5, 0.6) is 11.5 Å². The Balaban J connectivity index is 1.78. The quantitative estimate of drug-likeness (QED) is 0.820. The first kappa shape index (κ1) is 16.7. The number of amides is 1. The Hall–Kier alpha value is -2.69. The normalized spacial score (nSPS) is 10.0. The standard InChI is InChI=1S/C18H21NO4/c1-13-4-5-14(2)17(12-13)23-11-10-22-16-8-6-15(7-9-16)19-18(20)21-3/h4-9,12H,10-11H2,1-3H3,(H,19,20). The highest BCUT2D eigenvalue weighted by molar-refractivity contribution is 5.84. The molecule has 1 amide bonds. The van der Waals surface area contributed by atoms with Gasteiger partial charge in [0.25, 0.3) is 0 Å². The second-order valence-electron chi connectivity index (χ2n) is 5.11. The molecule has 0 atom stereocenters. The van der Waals surface area contributed by atoms with Crippen molar-refractivity contribution in [3.63, 3.8) is 0 Å². The molecule has 2 aromatic carbocycles. The van der Waals surface area contributed by atoms with Crippen LogP contribution in [-0.4, -0.2) is 26.4 Å². The Morgan fingerprint density at radius 1 is 1.00 bits per heavy atom. The largest absolute Gasteiger partial charge is 0.490 e. The number of anilines is 1. The van der Waals surface area contributed by atoms with Crippen molar-refractivity contribution in [3.05, 3.63) is 53.6 Å². The fourth-order valence-corrected chi connectivity index (χ4v) is 1.98. The van der Waals surface area contributed by atoms with Crippen LogP contribution in [0.1, 0.15) is 11.1 Å². The lowest BCUT2D eigenvalue weighted by Crippen LogP contribution is -2.11. The van der Waals surface area contributed by atoms with Crippen LogP contribution < -0.4 is 14.8 Å². The molecule has 2 aromatic rings. The Labute approximate surface area is 136 Å². The third-order valence-electron chi connectivity index (χ3n) is 3.24. The Morgan fingerprint density at radius 2 is 1.70 bits per heavy atom. The van der Waals surface area contributed by atoms with Crippen LogP contribution in [-0.2, 0) is 4.74 Å². The zero-order valence-electron chi connectivity index (χ0n) is 13.6.